The maximum Gasteiger partial charge on any atom is 0.267 e. The van der Waals surface area contributed by atoms with Crippen LogP contribution in [-0.4, -0.2) is 34.0 Å². The molecule has 0 saturated carbocycles. The maximum atomic E-state index is 12.0. The van der Waals surface area contributed by atoms with Crippen molar-refractivity contribution in [1.82, 2.24) is 14.8 Å². The second-order valence-electron chi connectivity index (χ2n) is 5.76. The van der Waals surface area contributed by atoms with Gasteiger partial charge in [0.25, 0.3) is 5.56 Å². The number of anilines is 1. The maximum absolute atomic E-state index is 12.0. The third-order valence-electron chi connectivity index (χ3n) is 4.26. The van der Waals surface area contributed by atoms with E-state index >= 15 is 0 Å². The highest BCUT2D eigenvalue weighted by Crippen LogP contribution is 2.31. The number of thiazole rings is 1. The number of fused-ring (bicyclic) bond motifs is 1. The van der Waals surface area contributed by atoms with Crippen molar-refractivity contribution in [2.24, 2.45) is 0 Å². The first-order valence-electron chi connectivity index (χ1n) is 7.68. The molecular weight excluding hydrogens is 300 g/mol. The number of hydrogen-bond acceptors (Lipinski definition) is 6. The summed E-state index contributed by atoms with van der Waals surface area (Å²) in [7, 11) is 0. The summed E-state index contributed by atoms with van der Waals surface area (Å²) in [5, 5.41) is 8.58. The van der Waals surface area contributed by atoms with Crippen LogP contribution in [0.25, 0.3) is 0 Å². The van der Waals surface area contributed by atoms with Gasteiger partial charge in [-0.05, 0) is 31.7 Å². The number of nitrogens with one attached hydrogen (secondary N) is 1. The van der Waals surface area contributed by atoms with Crippen LogP contribution in [0, 0.1) is 0 Å². The van der Waals surface area contributed by atoms with Gasteiger partial charge in [0.05, 0.1) is 24.9 Å². The van der Waals surface area contributed by atoms with Gasteiger partial charge in [-0.3, -0.25) is 4.79 Å². The van der Waals surface area contributed by atoms with Crippen molar-refractivity contribution in [3.05, 3.63) is 39.3 Å². The second-order valence-corrected chi connectivity index (χ2v) is 6.84. The Morgan fingerprint density at radius 1 is 1.32 bits per heavy atom. The van der Waals surface area contributed by atoms with Gasteiger partial charge in [-0.2, -0.15) is 5.10 Å². The molecule has 2 aromatic rings. The lowest BCUT2D eigenvalue weighted by Crippen LogP contribution is -2.36. The molecule has 2 aliphatic rings. The van der Waals surface area contributed by atoms with Crippen LogP contribution in [0.1, 0.15) is 29.5 Å². The van der Waals surface area contributed by atoms with Gasteiger partial charge in [0.2, 0.25) is 0 Å². The van der Waals surface area contributed by atoms with Crippen LogP contribution in [0.3, 0.4) is 0 Å². The van der Waals surface area contributed by atoms with E-state index in [1.807, 2.05) is 0 Å². The van der Waals surface area contributed by atoms with E-state index in [2.05, 4.69) is 10.4 Å². The van der Waals surface area contributed by atoms with Crippen LogP contribution >= 0.6 is 11.3 Å². The SMILES string of the molecule is O=c1cccnn1C1COCC1Nc1nc2c(s1)CCCC2. The molecule has 4 rings (SSSR count). The molecule has 0 bridgehead atoms. The van der Waals surface area contributed by atoms with Crippen LogP contribution in [0.5, 0.6) is 0 Å². The fraction of sp³-hybridized carbons (Fsp3) is 0.533. The number of nitrogens with zero attached hydrogens (tertiary/aromatic N) is 3. The molecule has 1 saturated heterocycles. The molecule has 0 spiro atoms. The zero-order chi connectivity index (χ0) is 14.9. The second kappa shape index (κ2) is 5.81. The molecule has 1 fully saturated rings. The van der Waals surface area contributed by atoms with Crippen molar-refractivity contribution in [3.63, 3.8) is 0 Å². The highest BCUT2D eigenvalue weighted by atomic mass is 32.1. The first-order valence-corrected chi connectivity index (χ1v) is 8.49. The zero-order valence-electron chi connectivity index (χ0n) is 12.2. The lowest BCUT2D eigenvalue weighted by molar-refractivity contribution is 0.182. The van der Waals surface area contributed by atoms with Gasteiger partial charge >= 0.3 is 0 Å². The van der Waals surface area contributed by atoms with E-state index in [1.54, 1.807) is 23.6 Å². The van der Waals surface area contributed by atoms with Crippen molar-refractivity contribution in [2.45, 2.75) is 37.8 Å². The lowest BCUT2D eigenvalue weighted by atomic mass is 10.0. The Bertz CT molecular complexity index is 703. The monoisotopic (exact) mass is 318 g/mol. The van der Waals surface area contributed by atoms with E-state index < -0.39 is 0 Å². The number of rotatable bonds is 3. The molecule has 2 unspecified atom stereocenters. The number of hydrogen-bond donors (Lipinski definition) is 1. The molecule has 0 aromatic carbocycles. The number of aryl methyl sites for hydroxylation is 2. The van der Waals surface area contributed by atoms with E-state index in [0.29, 0.717) is 13.2 Å². The molecule has 0 radical (unpaired) electrons. The molecule has 2 atom stereocenters. The molecule has 7 heteroatoms. The summed E-state index contributed by atoms with van der Waals surface area (Å²) >= 11 is 1.74. The van der Waals surface area contributed by atoms with Crippen molar-refractivity contribution in [3.8, 4) is 0 Å². The van der Waals surface area contributed by atoms with Crippen molar-refractivity contribution in [2.75, 3.05) is 18.5 Å². The quantitative estimate of drug-likeness (QED) is 0.931. The minimum Gasteiger partial charge on any atom is -0.377 e. The van der Waals surface area contributed by atoms with Crippen LogP contribution in [0.4, 0.5) is 5.13 Å². The Kier molecular flexibility index (Phi) is 3.67. The van der Waals surface area contributed by atoms with Gasteiger partial charge in [0, 0.05) is 17.1 Å². The van der Waals surface area contributed by atoms with E-state index in [0.717, 1.165) is 18.0 Å². The molecule has 2 aromatic heterocycles. The third-order valence-corrected chi connectivity index (χ3v) is 5.35. The fourth-order valence-electron chi connectivity index (χ4n) is 3.11. The highest BCUT2D eigenvalue weighted by Gasteiger charge is 2.32. The topological polar surface area (TPSA) is 69.0 Å². The van der Waals surface area contributed by atoms with Crippen LogP contribution in [0.15, 0.2) is 23.1 Å². The first kappa shape index (κ1) is 13.9. The van der Waals surface area contributed by atoms with Crippen LogP contribution in [-0.2, 0) is 17.6 Å². The number of ether oxygens (including phenoxy) is 1. The first-order chi connectivity index (χ1) is 10.8. The average molecular weight is 318 g/mol. The lowest BCUT2D eigenvalue weighted by Gasteiger charge is -2.19. The third kappa shape index (κ3) is 2.55. The van der Waals surface area contributed by atoms with E-state index in [9.17, 15) is 4.79 Å². The van der Waals surface area contributed by atoms with Crippen LogP contribution < -0.4 is 10.9 Å². The molecule has 22 heavy (non-hydrogen) atoms. The van der Waals surface area contributed by atoms with Gasteiger partial charge in [-0.15, -0.1) is 11.3 Å². The fourth-order valence-corrected chi connectivity index (χ4v) is 4.22. The minimum absolute atomic E-state index is 0.0280. The van der Waals surface area contributed by atoms with Gasteiger partial charge in [-0.1, -0.05) is 0 Å². The largest absolute Gasteiger partial charge is 0.377 e. The van der Waals surface area contributed by atoms with E-state index in [4.69, 9.17) is 9.72 Å². The van der Waals surface area contributed by atoms with E-state index in [1.165, 1.54) is 34.2 Å². The number of aromatic nitrogens is 3. The summed E-state index contributed by atoms with van der Waals surface area (Å²) in [4.78, 5) is 18.1. The molecule has 0 amide bonds. The van der Waals surface area contributed by atoms with Gasteiger partial charge in [-0.25, -0.2) is 9.67 Å². The van der Waals surface area contributed by atoms with Crippen molar-refractivity contribution >= 4 is 16.5 Å². The summed E-state index contributed by atoms with van der Waals surface area (Å²) in [5.41, 5.74) is 1.15. The smallest absolute Gasteiger partial charge is 0.267 e. The van der Waals surface area contributed by atoms with Crippen molar-refractivity contribution < 1.29 is 4.74 Å². The van der Waals surface area contributed by atoms with Gasteiger partial charge in [0.1, 0.15) is 6.04 Å². The molecule has 1 aliphatic carbocycles. The molecule has 6 nitrogen and oxygen atoms in total. The Labute approximate surface area is 132 Å². The Morgan fingerprint density at radius 3 is 3.09 bits per heavy atom. The standard InChI is InChI=1S/C15H18N4O2S/c20-14-6-3-7-16-19(14)12-9-21-8-11(12)18-15-17-10-4-1-2-5-13(10)22-15/h3,6-7,11-12H,1-2,4-5,8-9H2,(H,17,18). The summed E-state index contributed by atoms with van der Waals surface area (Å²) in [6.45, 7) is 1.07. The Morgan fingerprint density at radius 2 is 2.23 bits per heavy atom. The zero-order valence-corrected chi connectivity index (χ0v) is 13.0. The van der Waals surface area contributed by atoms with Gasteiger partial charge < -0.3 is 10.1 Å². The predicted molar refractivity (Wildman–Crippen MR) is 84.5 cm³/mol. The Hall–Kier alpha value is -1.73. The van der Waals surface area contributed by atoms with Crippen molar-refractivity contribution in [1.29, 1.82) is 0 Å². The normalized spacial score (nSPS) is 24.2. The van der Waals surface area contributed by atoms with Gasteiger partial charge in [0.15, 0.2) is 5.13 Å². The minimum atomic E-state index is -0.0942. The molecule has 3 heterocycles. The molecule has 1 aliphatic heterocycles. The summed E-state index contributed by atoms with van der Waals surface area (Å²) in [5.74, 6) is 0. The average Bonchev–Trinajstić information content (AvgIpc) is 3.14. The molecular formula is C15H18N4O2S. The summed E-state index contributed by atoms with van der Waals surface area (Å²) < 4.78 is 7.08. The Balaban J connectivity index is 1.55. The summed E-state index contributed by atoms with van der Waals surface area (Å²) in [6, 6.07) is 3.13. The molecule has 1 N–H and O–H groups in total. The summed E-state index contributed by atoms with van der Waals surface area (Å²) in [6.07, 6.45) is 6.34. The highest BCUT2D eigenvalue weighted by molar-refractivity contribution is 7.15. The predicted octanol–water partition coefficient (Wildman–Crippen LogP) is 1.63. The van der Waals surface area contributed by atoms with E-state index in [-0.39, 0.29) is 17.6 Å². The van der Waals surface area contributed by atoms with Crippen LogP contribution in [0.2, 0.25) is 0 Å². The molecule has 116 valence electrons.